The van der Waals surface area contributed by atoms with Crippen molar-refractivity contribution >= 4 is 10.8 Å². The molecule has 1 N–H and O–H groups in total. The second-order valence-electron chi connectivity index (χ2n) is 7.25. The summed E-state index contributed by atoms with van der Waals surface area (Å²) in [6.07, 6.45) is 4.46. The molecule has 0 saturated heterocycles. The van der Waals surface area contributed by atoms with Gasteiger partial charge < -0.3 is 5.11 Å². The molecule has 1 heteroatoms. The van der Waals surface area contributed by atoms with Crippen LogP contribution in [0.1, 0.15) is 62.7 Å². The predicted octanol–water partition coefficient (Wildman–Crippen LogP) is 5.19. The fraction of sp³-hybridized carbons (Fsp3) is 0.500. The number of aliphatic hydroxyl groups is 1. The summed E-state index contributed by atoms with van der Waals surface area (Å²) in [6.45, 7) is 4.72. The van der Waals surface area contributed by atoms with Gasteiger partial charge >= 0.3 is 0 Å². The molecule has 1 unspecified atom stereocenters. The van der Waals surface area contributed by atoms with Gasteiger partial charge in [-0.15, -0.1) is 0 Å². The third kappa shape index (κ3) is 1.73. The molecule has 4 rings (SSSR count). The van der Waals surface area contributed by atoms with E-state index in [1.54, 1.807) is 0 Å². The molecule has 0 spiro atoms. The van der Waals surface area contributed by atoms with Crippen LogP contribution in [0.4, 0.5) is 0 Å². The van der Waals surface area contributed by atoms with E-state index in [1.165, 1.54) is 41.2 Å². The van der Waals surface area contributed by atoms with Crippen LogP contribution in [0.2, 0.25) is 0 Å². The van der Waals surface area contributed by atoms with E-state index in [4.69, 9.17) is 0 Å². The maximum Gasteiger partial charge on any atom is 0.0804 e. The van der Waals surface area contributed by atoms with Crippen molar-refractivity contribution in [3.05, 3.63) is 47.5 Å². The third-order valence-corrected chi connectivity index (χ3v) is 6.37. The highest BCUT2D eigenvalue weighted by molar-refractivity contribution is 5.87. The Morgan fingerprint density at radius 1 is 1.14 bits per heavy atom. The van der Waals surface area contributed by atoms with E-state index in [0.717, 1.165) is 12.3 Å². The van der Waals surface area contributed by atoms with Crippen molar-refractivity contribution in [2.75, 3.05) is 0 Å². The molecule has 1 nitrogen and oxygen atoms in total. The highest BCUT2D eigenvalue weighted by Gasteiger charge is 2.51. The predicted molar refractivity (Wildman–Crippen MR) is 87.4 cm³/mol. The quantitative estimate of drug-likeness (QED) is 0.762. The summed E-state index contributed by atoms with van der Waals surface area (Å²) in [4.78, 5) is 0. The Morgan fingerprint density at radius 3 is 2.76 bits per heavy atom. The average molecular weight is 280 g/mol. The van der Waals surface area contributed by atoms with Crippen LogP contribution in [-0.4, -0.2) is 5.11 Å². The summed E-state index contributed by atoms with van der Waals surface area (Å²) >= 11 is 0. The molecule has 0 bridgehead atoms. The van der Waals surface area contributed by atoms with Crippen LogP contribution in [0.3, 0.4) is 0 Å². The van der Waals surface area contributed by atoms with E-state index in [9.17, 15) is 5.11 Å². The van der Waals surface area contributed by atoms with Gasteiger partial charge in [-0.1, -0.05) is 56.7 Å². The molecule has 21 heavy (non-hydrogen) atoms. The van der Waals surface area contributed by atoms with Crippen LogP contribution < -0.4 is 0 Å². The minimum atomic E-state index is -0.306. The zero-order valence-electron chi connectivity index (χ0n) is 13.0. The van der Waals surface area contributed by atoms with Crippen molar-refractivity contribution in [1.82, 2.24) is 0 Å². The fourth-order valence-electron chi connectivity index (χ4n) is 5.31. The molecule has 2 aromatic rings. The van der Waals surface area contributed by atoms with Gasteiger partial charge in [0.15, 0.2) is 0 Å². The Bertz CT molecular complexity index is 689. The molecule has 4 atom stereocenters. The van der Waals surface area contributed by atoms with E-state index in [0.29, 0.717) is 5.92 Å². The molecule has 2 aliphatic rings. The molecule has 1 saturated carbocycles. The second kappa shape index (κ2) is 4.58. The van der Waals surface area contributed by atoms with Gasteiger partial charge in [0.05, 0.1) is 6.10 Å². The van der Waals surface area contributed by atoms with E-state index in [2.05, 4.69) is 50.2 Å². The lowest BCUT2D eigenvalue weighted by molar-refractivity contribution is 0.0549. The Balaban J connectivity index is 1.94. The first-order chi connectivity index (χ1) is 10.1. The van der Waals surface area contributed by atoms with Crippen LogP contribution in [0.15, 0.2) is 36.4 Å². The molecule has 0 radical (unpaired) electrons. The highest BCUT2D eigenvalue weighted by atomic mass is 16.3. The first-order valence-corrected chi connectivity index (χ1v) is 8.34. The van der Waals surface area contributed by atoms with Gasteiger partial charge in [0.2, 0.25) is 0 Å². The summed E-state index contributed by atoms with van der Waals surface area (Å²) in [5, 5.41) is 13.4. The van der Waals surface area contributed by atoms with Crippen molar-refractivity contribution in [1.29, 1.82) is 0 Å². The molecular formula is C20H24O. The fourth-order valence-corrected chi connectivity index (χ4v) is 5.31. The number of rotatable bonds is 1. The van der Waals surface area contributed by atoms with Crippen LogP contribution in [0.5, 0.6) is 0 Å². The normalized spacial score (nSPS) is 34.7. The van der Waals surface area contributed by atoms with E-state index in [1.807, 2.05) is 0 Å². The number of aliphatic hydroxyl groups excluding tert-OH is 1. The monoisotopic (exact) mass is 280 g/mol. The van der Waals surface area contributed by atoms with Crippen LogP contribution in [0, 0.1) is 11.3 Å². The van der Waals surface area contributed by atoms with Crippen LogP contribution in [0.25, 0.3) is 10.8 Å². The lowest BCUT2D eigenvalue weighted by Crippen LogP contribution is -2.34. The average Bonchev–Trinajstić information content (AvgIpc) is 2.82. The maximum atomic E-state index is 10.9. The second-order valence-corrected chi connectivity index (χ2v) is 7.25. The Labute approximate surface area is 127 Å². The van der Waals surface area contributed by atoms with Crippen LogP contribution >= 0.6 is 0 Å². The van der Waals surface area contributed by atoms with Crippen molar-refractivity contribution in [2.45, 2.75) is 51.6 Å². The lowest BCUT2D eigenvalue weighted by Gasteiger charge is -2.44. The van der Waals surface area contributed by atoms with E-state index < -0.39 is 0 Å². The molecule has 0 aliphatic heterocycles. The number of fused-ring (bicyclic) bond motifs is 5. The van der Waals surface area contributed by atoms with E-state index in [-0.39, 0.29) is 11.5 Å². The van der Waals surface area contributed by atoms with Crippen molar-refractivity contribution in [3.63, 3.8) is 0 Å². The third-order valence-electron chi connectivity index (χ3n) is 6.37. The highest BCUT2D eigenvalue weighted by Crippen LogP contribution is 2.62. The zero-order valence-corrected chi connectivity index (χ0v) is 13.0. The van der Waals surface area contributed by atoms with Crippen molar-refractivity contribution in [3.8, 4) is 0 Å². The molecule has 0 heterocycles. The smallest absolute Gasteiger partial charge is 0.0804 e. The van der Waals surface area contributed by atoms with Crippen molar-refractivity contribution in [2.24, 2.45) is 11.3 Å². The van der Waals surface area contributed by atoms with Crippen molar-refractivity contribution < 1.29 is 5.11 Å². The van der Waals surface area contributed by atoms with Gasteiger partial charge in [-0.2, -0.15) is 0 Å². The topological polar surface area (TPSA) is 20.2 Å². The van der Waals surface area contributed by atoms with Gasteiger partial charge in [-0.05, 0) is 58.4 Å². The minimum absolute atomic E-state index is 0.281. The largest absolute Gasteiger partial charge is 0.388 e. The first kappa shape index (κ1) is 13.3. The molecular weight excluding hydrogens is 256 g/mol. The zero-order chi connectivity index (χ0) is 14.6. The van der Waals surface area contributed by atoms with E-state index >= 15 is 0 Å². The number of hydrogen-bond donors (Lipinski definition) is 1. The standard InChI is InChI=1S/C20H24O/c1-3-14-9-11-17-16-10-8-13-6-4-5-7-15(13)19(16)18(21)12-20(14,17)2/h4-8,10,14,17-18,21H,3,9,11-12H2,1-2H3/t14-,17-,18?,20+/m0/s1. The lowest BCUT2D eigenvalue weighted by atomic mass is 9.61. The SMILES string of the molecule is CC[C@H]1CC[C@H]2c3ccc4ccccc4c3C(O)C[C@]12C. The Kier molecular flexibility index (Phi) is 2.91. The molecule has 0 amide bonds. The van der Waals surface area contributed by atoms with Gasteiger partial charge in [-0.3, -0.25) is 0 Å². The molecule has 2 aliphatic carbocycles. The minimum Gasteiger partial charge on any atom is -0.388 e. The maximum absolute atomic E-state index is 10.9. The molecule has 0 aromatic heterocycles. The van der Waals surface area contributed by atoms with Gasteiger partial charge in [0, 0.05) is 0 Å². The van der Waals surface area contributed by atoms with Gasteiger partial charge in [-0.25, -0.2) is 0 Å². The number of hydrogen-bond acceptors (Lipinski definition) is 1. The Morgan fingerprint density at radius 2 is 1.95 bits per heavy atom. The molecule has 1 fully saturated rings. The van der Waals surface area contributed by atoms with Crippen LogP contribution in [-0.2, 0) is 0 Å². The molecule has 2 aromatic carbocycles. The Hall–Kier alpha value is -1.34. The first-order valence-electron chi connectivity index (χ1n) is 8.34. The van der Waals surface area contributed by atoms with Gasteiger partial charge in [0.25, 0.3) is 0 Å². The summed E-state index contributed by atoms with van der Waals surface area (Å²) in [5.41, 5.74) is 2.92. The summed E-state index contributed by atoms with van der Waals surface area (Å²) in [7, 11) is 0. The summed E-state index contributed by atoms with van der Waals surface area (Å²) < 4.78 is 0. The summed E-state index contributed by atoms with van der Waals surface area (Å²) in [6, 6.07) is 13.0. The molecule has 110 valence electrons. The summed E-state index contributed by atoms with van der Waals surface area (Å²) in [5.74, 6) is 1.39. The number of benzene rings is 2. The van der Waals surface area contributed by atoms with Gasteiger partial charge in [0.1, 0.15) is 0 Å².